The number of ether oxygens (including phenoxy) is 1. The Kier molecular flexibility index (Phi) is 5.18. The highest BCUT2D eigenvalue weighted by atomic mass is 32.7. The van der Waals surface area contributed by atoms with E-state index in [1.807, 2.05) is 0 Å². The molecule has 0 saturated carbocycles. The summed E-state index contributed by atoms with van der Waals surface area (Å²) in [5.74, 6) is -0.484. The lowest BCUT2D eigenvalue weighted by molar-refractivity contribution is -0.138. The van der Waals surface area contributed by atoms with Crippen molar-refractivity contribution in [2.24, 2.45) is 0 Å². The first kappa shape index (κ1) is 12.6. The molecule has 1 atom stereocenters. The molecule has 0 radical (unpaired) electrons. The lowest BCUT2D eigenvalue weighted by atomic mass is 10.4. The lowest BCUT2D eigenvalue weighted by Crippen LogP contribution is -2.08. The van der Waals surface area contributed by atoms with Gasteiger partial charge in [0.1, 0.15) is 0 Å². The van der Waals surface area contributed by atoms with Gasteiger partial charge in [0.25, 0.3) is 0 Å². The summed E-state index contributed by atoms with van der Waals surface area (Å²) in [5.41, 5.74) is 0.314. The minimum absolute atomic E-state index is 0.00113. The Hall–Kier alpha value is -0.410. The average Bonchev–Trinajstić information content (AvgIpc) is 1.95. The Bertz CT molecular complexity index is 294. The molecule has 1 unspecified atom stereocenters. The van der Waals surface area contributed by atoms with Crippen LogP contribution < -0.4 is 0 Å². The van der Waals surface area contributed by atoms with Gasteiger partial charge in [-0.1, -0.05) is 6.58 Å². The van der Waals surface area contributed by atoms with Crippen molar-refractivity contribution in [1.29, 1.82) is 0 Å². The predicted molar refractivity (Wildman–Crippen MR) is 53.9 cm³/mol. The van der Waals surface area contributed by atoms with Gasteiger partial charge in [0.05, 0.1) is 12.4 Å². The molecular formula is C7H13O4PS. The molecule has 0 rings (SSSR count). The summed E-state index contributed by atoms with van der Waals surface area (Å²) in [6, 6.07) is 0. The molecule has 0 saturated heterocycles. The number of carbonyl (C=O) groups is 1. The number of esters is 1. The summed E-state index contributed by atoms with van der Waals surface area (Å²) in [6.45, 7) is 5.03. The van der Waals surface area contributed by atoms with E-state index in [2.05, 4.69) is 11.3 Å². The zero-order chi connectivity index (χ0) is 10.5. The van der Waals surface area contributed by atoms with Crippen LogP contribution in [0.4, 0.5) is 0 Å². The topological polar surface area (TPSA) is 60.4 Å². The van der Waals surface area contributed by atoms with Gasteiger partial charge in [0.15, 0.2) is 9.46 Å². The van der Waals surface area contributed by atoms with Crippen molar-refractivity contribution in [2.45, 2.75) is 13.3 Å². The first-order valence-electron chi connectivity index (χ1n) is 3.66. The van der Waals surface area contributed by atoms with E-state index in [0.29, 0.717) is 12.0 Å². The first-order valence-corrected chi connectivity index (χ1v) is 6.79. The van der Waals surface area contributed by atoms with E-state index in [4.69, 9.17) is 0 Å². The maximum absolute atomic E-state index is 10.8. The Morgan fingerprint density at radius 3 is 2.46 bits per heavy atom. The summed E-state index contributed by atoms with van der Waals surface area (Å²) >= 11 is 0. The number of rotatable bonds is 5. The van der Waals surface area contributed by atoms with Crippen molar-refractivity contribution in [1.82, 2.24) is 0 Å². The second-order valence-electron chi connectivity index (χ2n) is 2.64. The Morgan fingerprint density at radius 2 is 2.08 bits per heavy atom. The number of carbonyl (C=O) groups excluding carboxylic acids is 1. The molecule has 0 N–H and O–H groups in total. The van der Waals surface area contributed by atoms with Crippen molar-refractivity contribution in [3.8, 4) is 0 Å². The first-order chi connectivity index (χ1) is 5.83. The summed E-state index contributed by atoms with van der Waals surface area (Å²) < 4.78 is 25.9. The molecule has 4 nitrogen and oxygen atoms in total. The SMILES string of the molecule is C=C(C)C(=O)OCCCS(=O)(=O)P. The van der Waals surface area contributed by atoms with Gasteiger partial charge in [0.2, 0.25) is 0 Å². The van der Waals surface area contributed by atoms with Crippen LogP contribution in [-0.2, 0) is 19.0 Å². The summed E-state index contributed by atoms with van der Waals surface area (Å²) in [7, 11) is -1.30. The molecule has 0 amide bonds. The van der Waals surface area contributed by atoms with Crippen LogP contribution in [0.2, 0.25) is 0 Å². The van der Waals surface area contributed by atoms with Gasteiger partial charge in [0, 0.05) is 5.57 Å². The minimum Gasteiger partial charge on any atom is -0.462 e. The van der Waals surface area contributed by atoms with Crippen molar-refractivity contribution in [3.05, 3.63) is 12.2 Å². The van der Waals surface area contributed by atoms with Crippen LogP contribution >= 0.6 is 8.44 Å². The second kappa shape index (κ2) is 5.35. The van der Waals surface area contributed by atoms with Crippen LogP contribution in [0, 0.1) is 0 Å². The van der Waals surface area contributed by atoms with Gasteiger partial charge in [-0.05, 0) is 21.8 Å². The van der Waals surface area contributed by atoms with Gasteiger partial charge < -0.3 is 4.74 Å². The zero-order valence-corrected chi connectivity index (χ0v) is 9.42. The number of hydrogen-bond donors (Lipinski definition) is 0. The standard InChI is InChI=1S/C7H13O4PS/c1-6(2)7(8)11-4-3-5-13(9,10)12/h1,3-5,12H2,2H3. The van der Waals surface area contributed by atoms with Crippen LogP contribution in [0.1, 0.15) is 13.3 Å². The highest BCUT2D eigenvalue weighted by Gasteiger charge is 2.05. The van der Waals surface area contributed by atoms with Crippen LogP contribution in [0.5, 0.6) is 0 Å². The van der Waals surface area contributed by atoms with Crippen LogP contribution in [0.25, 0.3) is 0 Å². The molecule has 0 heterocycles. The zero-order valence-electron chi connectivity index (χ0n) is 7.45. The molecule has 0 aliphatic heterocycles. The molecule has 76 valence electrons. The highest BCUT2D eigenvalue weighted by molar-refractivity contribution is 8.37. The molecule has 0 bridgehead atoms. The molecule has 13 heavy (non-hydrogen) atoms. The fourth-order valence-electron chi connectivity index (χ4n) is 0.548. The molecule has 0 aliphatic rings. The van der Waals surface area contributed by atoms with Gasteiger partial charge in [-0.2, -0.15) is 0 Å². The van der Waals surface area contributed by atoms with Crippen molar-refractivity contribution in [2.75, 3.05) is 12.4 Å². The second-order valence-corrected chi connectivity index (χ2v) is 6.53. The fourth-order valence-corrected chi connectivity index (χ4v) is 1.57. The molecule has 0 fully saturated rings. The normalized spacial score (nSPS) is 10.9. The summed E-state index contributed by atoms with van der Waals surface area (Å²) in [5, 5.41) is 0. The average molecular weight is 224 g/mol. The maximum atomic E-state index is 10.8. The Balaban J connectivity index is 3.59. The summed E-state index contributed by atoms with van der Waals surface area (Å²) in [4.78, 5) is 10.8. The Morgan fingerprint density at radius 1 is 1.54 bits per heavy atom. The molecule has 0 aromatic heterocycles. The molecule has 0 aromatic rings. The van der Waals surface area contributed by atoms with E-state index in [1.54, 1.807) is 8.44 Å². The van der Waals surface area contributed by atoms with Crippen molar-refractivity contribution in [3.63, 3.8) is 0 Å². The van der Waals surface area contributed by atoms with E-state index in [1.165, 1.54) is 6.92 Å². The molecular weight excluding hydrogens is 211 g/mol. The fraction of sp³-hybridized carbons (Fsp3) is 0.571. The highest BCUT2D eigenvalue weighted by Crippen LogP contribution is 2.03. The van der Waals surface area contributed by atoms with E-state index >= 15 is 0 Å². The third kappa shape index (κ3) is 7.94. The minimum atomic E-state index is -3.04. The van der Waals surface area contributed by atoms with Crippen LogP contribution in [0.15, 0.2) is 12.2 Å². The number of hydrogen-bond acceptors (Lipinski definition) is 4. The van der Waals surface area contributed by atoms with Crippen LogP contribution in [0.3, 0.4) is 0 Å². The predicted octanol–water partition coefficient (Wildman–Crippen LogP) is 0.701. The molecule has 6 heteroatoms. The molecule has 0 aromatic carbocycles. The quantitative estimate of drug-likeness (QED) is 0.298. The van der Waals surface area contributed by atoms with Gasteiger partial charge in [-0.3, -0.25) is 0 Å². The third-order valence-corrected chi connectivity index (χ3v) is 2.72. The van der Waals surface area contributed by atoms with Gasteiger partial charge in [-0.25, -0.2) is 13.2 Å². The smallest absolute Gasteiger partial charge is 0.333 e. The van der Waals surface area contributed by atoms with Gasteiger partial charge >= 0.3 is 5.97 Å². The van der Waals surface area contributed by atoms with Gasteiger partial charge in [-0.15, -0.1) is 0 Å². The molecule has 0 aliphatic carbocycles. The van der Waals surface area contributed by atoms with E-state index in [-0.39, 0.29) is 12.4 Å². The van der Waals surface area contributed by atoms with Crippen molar-refractivity contribution >= 4 is 23.9 Å². The third-order valence-electron chi connectivity index (χ3n) is 1.15. The van der Waals surface area contributed by atoms with Crippen molar-refractivity contribution < 1.29 is 17.9 Å². The maximum Gasteiger partial charge on any atom is 0.333 e. The largest absolute Gasteiger partial charge is 0.462 e. The van der Waals surface area contributed by atoms with Crippen LogP contribution in [-0.4, -0.2) is 26.7 Å². The monoisotopic (exact) mass is 224 g/mol. The summed E-state index contributed by atoms with van der Waals surface area (Å²) in [6.07, 6.45) is 0.310. The van der Waals surface area contributed by atoms with E-state index in [0.717, 1.165) is 0 Å². The Labute approximate surface area is 80.2 Å². The molecule has 0 spiro atoms. The van der Waals surface area contributed by atoms with E-state index in [9.17, 15) is 13.2 Å². The lowest BCUT2D eigenvalue weighted by Gasteiger charge is -2.02. The van der Waals surface area contributed by atoms with E-state index < -0.39 is 15.4 Å².